The number of nitrogens with one attached hydrogen (secondary N) is 1. The zero-order valence-corrected chi connectivity index (χ0v) is 10.9. The van der Waals surface area contributed by atoms with Crippen LogP contribution in [0.3, 0.4) is 0 Å². The second-order valence-corrected chi connectivity index (χ2v) is 4.49. The van der Waals surface area contributed by atoms with Crippen LogP contribution in [0.15, 0.2) is 18.2 Å². The fourth-order valence-corrected chi connectivity index (χ4v) is 2.40. The highest BCUT2D eigenvalue weighted by Crippen LogP contribution is 2.28. The number of hydrogen-bond acceptors (Lipinski definition) is 3. The molecule has 98 valence electrons. The van der Waals surface area contributed by atoms with Gasteiger partial charge in [0.05, 0.1) is 14.2 Å². The Labute approximate surface area is 107 Å². The first-order chi connectivity index (χ1) is 8.76. The lowest BCUT2D eigenvalue weighted by atomic mass is 10.1. The molecule has 0 heterocycles. The normalized spacial score (nSPS) is 15.4. The molecule has 18 heavy (non-hydrogen) atoms. The lowest BCUT2D eigenvalue weighted by Crippen LogP contribution is -2.33. The van der Waals surface area contributed by atoms with Crippen molar-refractivity contribution >= 4 is 5.91 Å². The molecule has 0 unspecified atom stereocenters. The van der Waals surface area contributed by atoms with Crippen LogP contribution >= 0.6 is 0 Å². The second-order valence-electron chi connectivity index (χ2n) is 4.49. The number of carbonyl (C=O) groups excluding carboxylic acids is 1. The monoisotopic (exact) mass is 249 g/mol. The van der Waals surface area contributed by atoms with Crippen molar-refractivity contribution in [1.29, 1.82) is 0 Å². The smallest absolute Gasteiger partial charge is 0.259 e. The van der Waals surface area contributed by atoms with Crippen molar-refractivity contribution in [3.8, 4) is 11.5 Å². The Balaban J connectivity index is 2.21. The molecule has 1 amide bonds. The zero-order valence-electron chi connectivity index (χ0n) is 10.9. The van der Waals surface area contributed by atoms with E-state index in [2.05, 4.69) is 5.32 Å². The maximum atomic E-state index is 12.3. The third-order valence-electron chi connectivity index (χ3n) is 3.35. The van der Waals surface area contributed by atoms with Gasteiger partial charge in [0.2, 0.25) is 0 Å². The number of amides is 1. The van der Waals surface area contributed by atoms with E-state index in [1.54, 1.807) is 26.4 Å². The van der Waals surface area contributed by atoms with Crippen molar-refractivity contribution < 1.29 is 14.3 Å². The van der Waals surface area contributed by atoms with Crippen LogP contribution in [0.25, 0.3) is 0 Å². The van der Waals surface area contributed by atoms with Gasteiger partial charge in [0.1, 0.15) is 17.1 Å². The van der Waals surface area contributed by atoms with Gasteiger partial charge < -0.3 is 14.8 Å². The Kier molecular flexibility index (Phi) is 4.07. The van der Waals surface area contributed by atoms with Crippen LogP contribution in [0.2, 0.25) is 0 Å². The summed E-state index contributed by atoms with van der Waals surface area (Å²) in [6.07, 6.45) is 4.49. The van der Waals surface area contributed by atoms with Gasteiger partial charge in [-0.15, -0.1) is 0 Å². The number of ether oxygens (including phenoxy) is 2. The van der Waals surface area contributed by atoms with Gasteiger partial charge in [-0.2, -0.15) is 0 Å². The third-order valence-corrected chi connectivity index (χ3v) is 3.35. The van der Waals surface area contributed by atoms with Crippen LogP contribution in [0.5, 0.6) is 11.5 Å². The molecule has 1 fully saturated rings. The first-order valence-electron chi connectivity index (χ1n) is 6.28. The van der Waals surface area contributed by atoms with Gasteiger partial charge in [0.15, 0.2) is 0 Å². The van der Waals surface area contributed by atoms with E-state index in [-0.39, 0.29) is 11.9 Å². The Morgan fingerprint density at radius 1 is 1.17 bits per heavy atom. The highest BCUT2D eigenvalue weighted by atomic mass is 16.5. The van der Waals surface area contributed by atoms with Crippen LogP contribution in [0.1, 0.15) is 36.0 Å². The SMILES string of the molecule is COc1cccc(OC)c1C(=O)NC1CCCC1. The minimum absolute atomic E-state index is 0.115. The van der Waals surface area contributed by atoms with E-state index in [1.807, 2.05) is 6.07 Å². The molecule has 1 aliphatic rings. The molecule has 0 saturated heterocycles. The van der Waals surface area contributed by atoms with E-state index in [9.17, 15) is 4.79 Å². The zero-order chi connectivity index (χ0) is 13.0. The van der Waals surface area contributed by atoms with Crippen molar-refractivity contribution in [2.75, 3.05) is 14.2 Å². The minimum Gasteiger partial charge on any atom is -0.496 e. The van der Waals surface area contributed by atoms with Crippen LogP contribution in [0.4, 0.5) is 0 Å². The number of benzene rings is 1. The molecule has 0 aliphatic heterocycles. The molecule has 4 nitrogen and oxygen atoms in total. The van der Waals surface area contributed by atoms with Crippen LogP contribution in [-0.2, 0) is 0 Å². The molecule has 2 rings (SSSR count). The third kappa shape index (κ3) is 2.58. The van der Waals surface area contributed by atoms with E-state index in [0.717, 1.165) is 12.8 Å². The van der Waals surface area contributed by atoms with Gasteiger partial charge in [0.25, 0.3) is 5.91 Å². The molecule has 0 spiro atoms. The summed E-state index contributed by atoms with van der Waals surface area (Å²) < 4.78 is 10.5. The standard InChI is InChI=1S/C14H19NO3/c1-17-11-8-5-9-12(18-2)13(11)14(16)15-10-6-3-4-7-10/h5,8-10H,3-4,6-7H2,1-2H3,(H,15,16). The van der Waals surface area contributed by atoms with E-state index in [4.69, 9.17) is 9.47 Å². The highest BCUT2D eigenvalue weighted by Gasteiger charge is 2.22. The van der Waals surface area contributed by atoms with Crippen LogP contribution in [-0.4, -0.2) is 26.2 Å². The van der Waals surface area contributed by atoms with Gasteiger partial charge in [0, 0.05) is 6.04 Å². The van der Waals surface area contributed by atoms with Crippen LogP contribution in [0, 0.1) is 0 Å². The Morgan fingerprint density at radius 3 is 2.22 bits per heavy atom. The molecule has 1 saturated carbocycles. The van der Waals surface area contributed by atoms with Crippen molar-refractivity contribution in [3.05, 3.63) is 23.8 Å². The first kappa shape index (κ1) is 12.7. The molecule has 1 N–H and O–H groups in total. The van der Waals surface area contributed by atoms with Gasteiger partial charge in [-0.3, -0.25) is 4.79 Å². The molecular weight excluding hydrogens is 230 g/mol. The second kappa shape index (κ2) is 5.76. The highest BCUT2D eigenvalue weighted by molar-refractivity contribution is 5.99. The predicted molar refractivity (Wildman–Crippen MR) is 69.3 cm³/mol. The average Bonchev–Trinajstić information content (AvgIpc) is 2.90. The Morgan fingerprint density at radius 2 is 1.72 bits per heavy atom. The van der Waals surface area contributed by atoms with Crippen molar-refractivity contribution in [2.45, 2.75) is 31.7 Å². The van der Waals surface area contributed by atoms with Crippen molar-refractivity contribution in [2.24, 2.45) is 0 Å². The minimum atomic E-state index is -0.115. The fraction of sp³-hybridized carbons (Fsp3) is 0.500. The van der Waals surface area contributed by atoms with E-state index in [1.165, 1.54) is 12.8 Å². The van der Waals surface area contributed by atoms with Crippen LogP contribution < -0.4 is 14.8 Å². The molecule has 1 aromatic rings. The molecule has 0 aromatic heterocycles. The molecule has 0 atom stereocenters. The largest absolute Gasteiger partial charge is 0.496 e. The average molecular weight is 249 g/mol. The topological polar surface area (TPSA) is 47.6 Å². The Bertz CT molecular complexity index is 403. The summed E-state index contributed by atoms with van der Waals surface area (Å²) in [7, 11) is 3.11. The summed E-state index contributed by atoms with van der Waals surface area (Å²) in [4.78, 5) is 12.3. The van der Waals surface area contributed by atoms with Crippen molar-refractivity contribution in [1.82, 2.24) is 5.32 Å². The van der Waals surface area contributed by atoms with E-state index in [0.29, 0.717) is 17.1 Å². The summed E-state index contributed by atoms with van der Waals surface area (Å²) in [6.45, 7) is 0. The number of carbonyl (C=O) groups is 1. The molecule has 1 aromatic carbocycles. The van der Waals surface area contributed by atoms with Gasteiger partial charge in [-0.05, 0) is 25.0 Å². The maximum Gasteiger partial charge on any atom is 0.259 e. The molecule has 0 radical (unpaired) electrons. The van der Waals surface area contributed by atoms with Crippen molar-refractivity contribution in [3.63, 3.8) is 0 Å². The van der Waals surface area contributed by atoms with Gasteiger partial charge in [-0.25, -0.2) is 0 Å². The van der Waals surface area contributed by atoms with E-state index >= 15 is 0 Å². The molecule has 1 aliphatic carbocycles. The lowest BCUT2D eigenvalue weighted by molar-refractivity contribution is 0.0931. The molecular formula is C14H19NO3. The quantitative estimate of drug-likeness (QED) is 0.891. The lowest BCUT2D eigenvalue weighted by Gasteiger charge is -2.16. The van der Waals surface area contributed by atoms with E-state index < -0.39 is 0 Å². The molecule has 4 heteroatoms. The number of rotatable bonds is 4. The summed E-state index contributed by atoms with van der Waals surface area (Å²) in [5.74, 6) is 0.978. The maximum absolute atomic E-state index is 12.3. The Hall–Kier alpha value is -1.71. The summed E-state index contributed by atoms with van der Waals surface area (Å²) >= 11 is 0. The molecule has 0 bridgehead atoms. The summed E-state index contributed by atoms with van der Waals surface area (Å²) in [6, 6.07) is 5.63. The van der Waals surface area contributed by atoms with Gasteiger partial charge >= 0.3 is 0 Å². The summed E-state index contributed by atoms with van der Waals surface area (Å²) in [5, 5.41) is 3.05. The predicted octanol–water partition coefficient (Wildman–Crippen LogP) is 2.38. The number of hydrogen-bond donors (Lipinski definition) is 1. The number of methoxy groups -OCH3 is 2. The van der Waals surface area contributed by atoms with Gasteiger partial charge in [-0.1, -0.05) is 18.9 Å². The summed E-state index contributed by atoms with van der Waals surface area (Å²) in [5.41, 5.74) is 0.481. The fourth-order valence-electron chi connectivity index (χ4n) is 2.40. The first-order valence-corrected chi connectivity index (χ1v) is 6.28.